The quantitative estimate of drug-likeness (QED) is 0.225. The van der Waals surface area contributed by atoms with Crippen molar-refractivity contribution in [1.29, 1.82) is 0 Å². The molecule has 0 aromatic heterocycles. The molecule has 25 heavy (non-hydrogen) atoms. The third-order valence-corrected chi connectivity index (χ3v) is 5.83. The number of aliphatic hydroxyl groups excluding tert-OH is 1. The molecule has 0 aromatic rings. The predicted octanol–water partition coefficient (Wildman–Crippen LogP) is 5.83. The fourth-order valence-electron chi connectivity index (χ4n) is 3.96. The molecule has 0 saturated heterocycles. The van der Waals surface area contributed by atoms with Crippen molar-refractivity contribution >= 4 is 6.21 Å². The number of rotatable bonds is 15. The first-order valence-electron chi connectivity index (χ1n) is 10.9. The van der Waals surface area contributed by atoms with Gasteiger partial charge in [-0.25, -0.2) is 4.99 Å². The highest BCUT2D eigenvalue weighted by atomic mass is 16.3. The third-order valence-electron chi connectivity index (χ3n) is 5.83. The first-order chi connectivity index (χ1) is 12.2. The molecule has 0 spiro atoms. The third kappa shape index (κ3) is 8.04. The van der Waals surface area contributed by atoms with Gasteiger partial charge in [0.1, 0.15) is 6.54 Å². The fourth-order valence-corrected chi connectivity index (χ4v) is 3.96. The van der Waals surface area contributed by atoms with Crippen LogP contribution in [0.25, 0.3) is 0 Å². The number of allylic oxidation sites excluding steroid dienone is 2. The van der Waals surface area contributed by atoms with Crippen LogP contribution in [0.5, 0.6) is 0 Å². The van der Waals surface area contributed by atoms with Gasteiger partial charge in [0.25, 0.3) is 0 Å². The van der Waals surface area contributed by atoms with E-state index in [1.807, 2.05) is 13.1 Å². The van der Waals surface area contributed by atoms with E-state index in [1.165, 1.54) is 70.6 Å². The fraction of sp³-hybridized carbons (Fsp3) is 0.864. The standard InChI is InChI=1S/C22H43N2O/c1-4-6-7-8-9-10-11-12-13-14-15-16-17-18-22-23-19-20-24(22,5-2)21(3)25/h7-8,19,21-22,25H,4-6,9-18,20H2,1-3H3/q+1/b8-7+. The van der Waals surface area contributed by atoms with Crippen molar-refractivity contribution in [3.63, 3.8) is 0 Å². The number of unbranched alkanes of at least 4 members (excludes halogenated alkanes) is 9. The number of quaternary nitrogens is 1. The first-order valence-corrected chi connectivity index (χ1v) is 10.9. The molecule has 3 unspecified atom stereocenters. The van der Waals surface area contributed by atoms with E-state index >= 15 is 0 Å². The van der Waals surface area contributed by atoms with Crippen LogP contribution in [0, 0.1) is 0 Å². The normalized spacial score (nSPS) is 24.4. The van der Waals surface area contributed by atoms with E-state index in [4.69, 9.17) is 0 Å². The first kappa shape index (κ1) is 22.4. The van der Waals surface area contributed by atoms with Crippen LogP contribution in [-0.4, -0.2) is 41.3 Å². The van der Waals surface area contributed by atoms with Crippen molar-refractivity contribution in [2.24, 2.45) is 4.99 Å². The Morgan fingerprint density at radius 2 is 1.60 bits per heavy atom. The number of aliphatic hydroxyl groups is 1. The van der Waals surface area contributed by atoms with Gasteiger partial charge in [0.15, 0.2) is 12.4 Å². The van der Waals surface area contributed by atoms with E-state index in [9.17, 15) is 5.11 Å². The summed E-state index contributed by atoms with van der Waals surface area (Å²) in [5.41, 5.74) is 0. The van der Waals surface area contributed by atoms with Crippen molar-refractivity contribution in [2.75, 3.05) is 13.1 Å². The molecule has 0 fully saturated rings. The summed E-state index contributed by atoms with van der Waals surface area (Å²) in [6.45, 7) is 8.19. The van der Waals surface area contributed by atoms with Gasteiger partial charge in [0, 0.05) is 13.3 Å². The molecule has 1 heterocycles. The highest BCUT2D eigenvalue weighted by Gasteiger charge is 2.41. The summed E-state index contributed by atoms with van der Waals surface area (Å²) in [6, 6.07) is 0. The molecule has 0 amide bonds. The summed E-state index contributed by atoms with van der Waals surface area (Å²) in [4.78, 5) is 4.66. The van der Waals surface area contributed by atoms with Crippen LogP contribution >= 0.6 is 0 Å². The average molecular weight is 352 g/mol. The Hall–Kier alpha value is -0.670. The lowest BCUT2D eigenvalue weighted by Gasteiger charge is -2.40. The maximum absolute atomic E-state index is 10.2. The Kier molecular flexibility index (Phi) is 12.1. The second-order valence-corrected chi connectivity index (χ2v) is 7.71. The Morgan fingerprint density at radius 1 is 1.00 bits per heavy atom. The van der Waals surface area contributed by atoms with Crippen molar-refractivity contribution in [2.45, 2.75) is 110 Å². The van der Waals surface area contributed by atoms with Crippen molar-refractivity contribution in [1.82, 2.24) is 0 Å². The Labute approximate surface area is 156 Å². The van der Waals surface area contributed by atoms with E-state index in [2.05, 4.69) is 31.0 Å². The second kappa shape index (κ2) is 13.5. The van der Waals surface area contributed by atoms with Crippen LogP contribution in [0.15, 0.2) is 17.1 Å². The van der Waals surface area contributed by atoms with E-state index in [0.717, 1.165) is 24.0 Å². The zero-order valence-corrected chi connectivity index (χ0v) is 17.1. The Morgan fingerprint density at radius 3 is 2.20 bits per heavy atom. The zero-order valence-electron chi connectivity index (χ0n) is 17.1. The second-order valence-electron chi connectivity index (χ2n) is 7.71. The molecule has 3 heteroatoms. The highest BCUT2D eigenvalue weighted by molar-refractivity contribution is 5.60. The lowest BCUT2D eigenvalue weighted by Crippen LogP contribution is -2.57. The molecule has 0 bridgehead atoms. The lowest BCUT2D eigenvalue weighted by molar-refractivity contribution is -0.976. The molecule has 0 radical (unpaired) electrons. The zero-order chi connectivity index (χ0) is 18.4. The number of aliphatic imine (C=N–C) groups is 1. The van der Waals surface area contributed by atoms with Crippen LogP contribution in [0.4, 0.5) is 0 Å². The van der Waals surface area contributed by atoms with Crippen LogP contribution in [0.1, 0.15) is 97.8 Å². The van der Waals surface area contributed by atoms with E-state index < -0.39 is 0 Å². The molecule has 1 aliphatic rings. The van der Waals surface area contributed by atoms with Gasteiger partial charge in [-0.3, -0.25) is 4.48 Å². The maximum Gasteiger partial charge on any atom is 0.189 e. The predicted molar refractivity (Wildman–Crippen MR) is 110 cm³/mol. The molecule has 0 saturated carbocycles. The van der Waals surface area contributed by atoms with Gasteiger partial charge >= 0.3 is 0 Å². The van der Waals surface area contributed by atoms with E-state index in [1.54, 1.807) is 0 Å². The van der Waals surface area contributed by atoms with Gasteiger partial charge in [0.05, 0.1) is 12.8 Å². The minimum Gasteiger partial charge on any atom is -0.345 e. The van der Waals surface area contributed by atoms with Crippen molar-refractivity contribution in [3.05, 3.63) is 12.2 Å². The van der Waals surface area contributed by atoms with Gasteiger partial charge in [-0.2, -0.15) is 0 Å². The molecular formula is C22H43N2O+. The topological polar surface area (TPSA) is 32.6 Å². The SMILES string of the molecule is CCC/C=C/CCCCCCCCCCC1N=CC[N+]1(CC)C(C)O. The van der Waals surface area contributed by atoms with E-state index in [0.29, 0.717) is 0 Å². The number of hydrogen-bond acceptors (Lipinski definition) is 2. The minimum absolute atomic E-state index is 0.283. The maximum atomic E-state index is 10.2. The summed E-state index contributed by atoms with van der Waals surface area (Å²) >= 11 is 0. The molecule has 1 N–H and O–H groups in total. The summed E-state index contributed by atoms with van der Waals surface area (Å²) in [5.74, 6) is 0. The number of hydrogen-bond donors (Lipinski definition) is 1. The molecule has 3 nitrogen and oxygen atoms in total. The smallest absolute Gasteiger partial charge is 0.189 e. The number of nitrogens with zero attached hydrogens (tertiary/aromatic N) is 2. The summed E-state index contributed by atoms with van der Waals surface area (Å²) < 4.78 is 0.743. The largest absolute Gasteiger partial charge is 0.345 e. The minimum atomic E-state index is -0.311. The van der Waals surface area contributed by atoms with Crippen LogP contribution in [0.3, 0.4) is 0 Å². The molecule has 0 aromatic carbocycles. The molecule has 146 valence electrons. The van der Waals surface area contributed by atoms with Gasteiger partial charge < -0.3 is 5.11 Å². The summed E-state index contributed by atoms with van der Waals surface area (Å²) in [6.07, 6.45) is 22.4. The average Bonchev–Trinajstić information content (AvgIpc) is 3.03. The molecular weight excluding hydrogens is 308 g/mol. The Balaban J connectivity index is 1.97. The summed E-state index contributed by atoms with van der Waals surface area (Å²) in [7, 11) is 0. The van der Waals surface area contributed by atoms with Crippen molar-refractivity contribution < 1.29 is 9.59 Å². The molecule has 3 atom stereocenters. The van der Waals surface area contributed by atoms with Crippen LogP contribution in [0.2, 0.25) is 0 Å². The van der Waals surface area contributed by atoms with Gasteiger partial charge in [-0.1, -0.05) is 64.0 Å². The van der Waals surface area contributed by atoms with Gasteiger partial charge in [-0.05, 0) is 32.6 Å². The van der Waals surface area contributed by atoms with Crippen LogP contribution in [-0.2, 0) is 0 Å². The van der Waals surface area contributed by atoms with Crippen molar-refractivity contribution in [3.8, 4) is 0 Å². The Bertz CT molecular complexity index is 378. The molecule has 0 aliphatic carbocycles. The lowest BCUT2D eigenvalue weighted by atomic mass is 10.0. The van der Waals surface area contributed by atoms with Gasteiger partial charge in [-0.15, -0.1) is 0 Å². The van der Waals surface area contributed by atoms with E-state index in [-0.39, 0.29) is 12.4 Å². The molecule has 1 aliphatic heterocycles. The monoisotopic (exact) mass is 351 g/mol. The van der Waals surface area contributed by atoms with Crippen LogP contribution < -0.4 is 0 Å². The summed E-state index contributed by atoms with van der Waals surface area (Å²) in [5, 5.41) is 10.2. The molecule has 1 rings (SSSR count). The van der Waals surface area contributed by atoms with Gasteiger partial charge in [0.2, 0.25) is 0 Å². The highest BCUT2D eigenvalue weighted by Crippen LogP contribution is 2.26.